The van der Waals surface area contributed by atoms with Crippen LogP contribution in [0.4, 0.5) is 4.79 Å². The highest BCUT2D eigenvalue weighted by Gasteiger charge is 2.18. The molecular formula is C22H16N2O4. The summed E-state index contributed by atoms with van der Waals surface area (Å²) in [4.78, 5) is 28.0. The average Bonchev–Trinajstić information content (AvgIpc) is 2.69. The number of primary amides is 1. The number of ether oxygens (including phenoxy) is 1. The van der Waals surface area contributed by atoms with Gasteiger partial charge in [-0.3, -0.25) is 4.98 Å². The van der Waals surface area contributed by atoms with Crippen molar-refractivity contribution in [2.45, 2.75) is 6.42 Å². The highest BCUT2D eigenvalue weighted by molar-refractivity contribution is 5.95. The number of amides is 1. The molecule has 1 amide bonds. The van der Waals surface area contributed by atoms with Crippen LogP contribution in [-0.2, 0) is 6.42 Å². The van der Waals surface area contributed by atoms with Crippen LogP contribution in [0, 0.1) is 0 Å². The minimum absolute atomic E-state index is 0.205. The van der Waals surface area contributed by atoms with E-state index in [2.05, 4.69) is 4.98 Å². The molecule has 0 aliphatic heterocycles. The van der Waals surface area contributed by atoms with Crippen LogP contribution in [0.5, 0.6) is 5.75 Å². The summed E-state index contributed by atoms with van der Waals surface area (Å²) in [6.07, 6.45) is 2.86. The lowest BCUT2D eigenvalue weighted by molar-refractivity contribution is 0.211. The van der Waals surface area contributed by atoms with E-state index >= 15 is 0 Å². The molecule has 6 nitrogen and oxygen atoms in total. The van der Waals surface area contributed by atoms with E-state index in [0.29, 0.717) is 17.6 Å². The van der Waals surface area contributed by atoms with E-state index in [1.807, 2.05) is 42.5 Å². The molecule has 0 aliphatic rings. The Kier molecular flexibility index (Phi) is 4.60. The summed E-state index contributed by atoms with van der Waals surface area (Å²) in [5.41, 5.74) is 8.00. The molecule has 2 aromatic heterocycles. The van der Waals surface area contributed by atoms with Crippen LogP contribution in [0.3, 0.4) is 0 Å². The molecule has 0 bridgehead atoms. The molecule has 0 atom stereocenters. The highest BCUT2D eigenvalue weighted by atomic mass is 16.5. The van der Waals surface area contributed by atoms with Gasteiger partial charge in [0, 0.05) is 41.4 Å². The summed E-state index contributed by atoms with van der Waals surface area (Å²) < 4.78 is 10.4. The van der Waals surface area contributed by atoms with Gasteiger partial charge in [-0.2, -0.15) is 0 Å². The Morgan fingerprint density at radius 1 is 1.07 bits per heavy atom. The van der Waals surface area contributed by atoms with Gasteiger partial charge in [-0.15, -0.1) is 0 Å². The second-order valence-electron chi connectivity index (χ2n) is 6.23. The smallest absolute Gasteiger partial charge is 0.409 e. The topological polar surface area (TPSA) is 95.4 Å². The van der Waals surface area contributed by atoms with E-state index in [0.717, 1.165) is 22.1 Å². The SMILES string of the molecule is NC(=O)Oc1ccc2c(-c3cccnc3)c(Cc3ccccc3)c(=O)oc2c1. The fraction of sp³-hybridized carbons (Fsp3) is 0.0455. The van der Waals surface area contributed by atoms with Crippen molar-refractivity contribution in [3.05, 3.63) is 94.6 Å². The Morgan fingerprint density at radius 3 is 2.61 bits per heavy atom. The van der Waals surface area contributed by atoms with Crippen LogP contribution in [0.15, 0.2) is 82.3 Å². The van der Waals surface area contributed by atoms with Gasteiger partial charge in [-0.25, -0.2) is 9.59 Å². The Bertz CT molecular complexity index is 1200. The third-order valence-electron chi connectivity index (χ3n) is 4.37. The predicted molar refractivity (Wildman–Crippen MR) is 105 cm³/mol. The molecule has 2 N–H and O–H groups in total. The predicted octanol–water partition coefficient (Wildman–Crippen LogP) is 3.90. The Labute approximate surface area is 160 Å². The monoisotopic (exact) mass is 372 g/mol. The van der Waals surface area contributed by atoms with E-state index in [1.165, 1.54) is 6.07 Å². The second kappa shape index (κ2) is 7.36. The van der Waals surface area contributed by atoms with Crippen LogP contribution in [0.1, 0.15) is 11.1 Å². The highest BCUT2D eigenvalue weighted by Crippen LogP contribution is 2.33. The first-order valence-corrected chi connectivity index (χ1v) is 8.63. The van der Waals surface area contributed by atoms with Gasteiger partial charge in [0.1, 0.15) is 11.3 Å². The molecule has 0 radical (unpaired) electrons. The normalized spacial score (nSPS) is 10.7. The maximum absolute atomic E-state index is 12.8. The number of carbonyl (C=O) groups is 1. The molecule has 0 aliphatic carbocycles. The molecule has 4 rings (SSSR count). The maximum Gasteiger partial charge on any atom is 0.409 e. The molecule has 0 fully saturated rings. The summed E-state index contributed by atoms with van der Waals surface area (Å²) >= 11 is 0. The number of hydrogen-bond donors (Lipinski definition) is 1. The Hall–Kier alpha value is -3.93. The number of benzene rings is 2. The zero-order chi connectivity index (χ0) is 19.5. The lowest BCUT2D eigenvalue weighted by atomic mass is 9.94. The molecular weight excluding hydrogens is 356 g/mol. The first-order chi connectivity index (χ1) is 13.6. The van der Waals surface area contributed by atoms with E-state index in [-0.39, 0.29) is 5.75 Å². The summed E-state index contributed by atoms with van der Waals surface area (Å²) in [6, 6.07) is 18.2. The molecule has 0 unspecified atom stereocenters. The molecule has 28 heavy (non-hydrogen) atoms. The van der Waals surface area contributed by atoms with Crippen molar-refractivity contribution in [1.29, 1.82) is 0 Å². The minimum Gasteiger partial charge on any atom is -0.422 e. The minimum atomic E-state index is -0.935. The van der Waals surface area contributed by atoms with Gasteiger partial charge in [0.25, 0.3) is 0 Å². The number of carbonyl (C=O) groups excluding carboxylic acids is 1. The maximum atomic E-state index is 12.8. The summed E-state index contributed by atoms with van der Waals surface area (Å²) in [7, 11) is 0. The van der Waals surface area contributed by atoms with Crippen molar-refractivity contribution in [2.24, 2.45) is 5.73 Å². The molecule has 2 heterocycles. The second-order valence-corrected chi connectivity index (χ2v) is 6.23. The van der Waals surface area contributed by atoms with Crippen molar-refractivity contribution >= 4 is 17.1 Å². The number of nitrogens with zero attached hydrogens (tertiary/aromatic N) is 1. The van der Waals surface area contributed by atoms with E-state index < -0.39 is 11.7 Å². The largest absolute Gasteiger partial charge is 0.422 e. The van der Waals surface area contributed by atoms with Crippen LogP contribution >= 0.6 is 0 Å². The number of pyridine rings is 1. The van der Waals surface area contributed by atoms with Crippen molar-refractivity contribution < 1.29 is 13.9 Å². The van der Waals surface area contributed by atoms with Gasteiger partial charge in [0.15, 0.2) is 0 Å². The number of aromatic nitrogens is 1. The lowest BCUT2D eigenvalue weighted by Gasteiger charge is -2.12. The molecule has 0 saturated carbocycles. The number of rotatable bonds is 4. The quantitative estimate of drug-likeness (QED) is 0.548. The molecule has 4 aromatic rings. The van der Waals surface area contributed by atoms with Crippen LogP contribution in [0.2, 0.25) is 0 Å². The van der Waals surface area contributed by atoms with E-state index in [9.17, 15) is 9.59 Å². The molecule has 0 spiro atoms. The number of nitrogens with two attached hydrogens (primary N) is 1. The van der Waals surface area contributed by atoms with Crippen LogP contribution in [-0.4, -0.2) is 11.1 Å². The van der Waals surface area contributed by atoms with Crippen LogP contribution < -0.4 is 16.1 Å². The number of hydrogen-bond acceptors (Lipinski definition) is 5. The molecule has 6 heteroatoms. The van der Waals surface area contributed by atoms with Crippen molar-refractivity contribution in [2.75, 3.05) is 0 Å². The van der Waals surface area contributed by atoms with Gasteiger partial charge >= 0.3 is 11.7 Å². The summed E-state index contributed by atoms with van der Waals surface area (Å²) in [5.74, 6) is 0.205. The summed E-state index contributed by atoms with van der Waals surface area (Å²) in [6.45, 7) is 0. The third kappa shape index (κ3) is 3.48. The Morgan fingerprint density at radius 2 is 1.89 bits per heavy atom. The first kappa shape index (κ1) is 17.5. The van der Waals surface area contributed by atoms with Gasteiger partial charge in [-0.05, 0) is 23.8 Å². The summed E-state index contributed by atoms with van der Waals surface area (Å²) in [5, 5.41) is 0.718. The molecule has 2 aromatic carbocycles. The van der Waals surface area contributed by atoms with Crippen molar-refractivity contribution in [3.8, 4) is 16.9 Å². The standard InChI is InChI=1S/C22H16N2O4/c23-22(26)27-16-8-9-17-19(12-16)28-21(25)18(11-14-5-2-1-3-6-14)20(17)15-7-4-10-24-13-15/h1-10,12-13H,11H2,(H2,23,26). The number of fused-ring (bicyclic) bond motifs is 1. The van der Waals surface area contributed by atoms with Crippen LogP contribution in [0.25, 0.3) is 22.1 Å². The molecule has 0 saturated heterocycles. The van der Waals surface area contributed by atoms with Gasteiger partial charge in [-0.1, -0.05) is 36.4 Å². The lowest BCUT2D eigenvalue weighted by Crippen LogP contribution is -2.16. The zero-order valence-electron chi connectivity index (χ0n) is 14.8. The van der Waals surface area contributed by atoms with Gasteiger partial charge < -0.3 is 14.9 Å². The zero-order valence-corrected chi connectivity index (χ0v) is 14.8. The first-order valence-electron chi connectivity index (χ1n) is 8.63. The van der Waals surface area contributed by atoms with Gasteiger partial charge in [0.05, 0.1) is 5.56 Å². The Balaban J connectivity index is 1.96. The van der Waals surface area contributed by atoms with E-state index in [4.69, 9.17) is 14.9 Å². The van der Waals surface area contributed by atoms with Gasteiger partial charge in [0.2, 0.25) is 0 Å². The van der Waals surface area contributed by atoms with E-state index in [1.54, 1.807) is 24.5 Å². The molecule has 138 valence electrons. The van der Waals surface area contributed by atoms with Crippen molar-refractivity contribution in [1.82, 2.24) is 4.98 Å². The fourth-order valence-electron chi connectivity index (χ4n) is 3.20. The average molecular weight is 372 g/mol. The fourth-order valence-corrected chi connectivity index (χ4v) is 3.20. The third-order valence-corrected chi connectivity index (χ3v) is 4.37. The van der Waals surface area contributed by atoms with Crippen molar-refractivity contribution in [3.63, 3.8) is 0 Å².